The molecule has 3 heterocycles. The van der Waals surface area contributed by atoms with Gasteiger partial charge in [-0.15, -0.1) is 0 Å². The van der Waals surface area contributed by atoms with E-state index in [9.17, 15) is 14.4 Å². The summed E-state index contributed by atoms with van der Waals surface area (Å²) in [6, 6.07) is 5.53. The van der Waals surface area contributed by atoms with Crippen molar-refractivity contribution in [2.45, 2.75) is 38.1 Å². The Labute approximate surface area is 169 Å². The molecule has 4 rings (SSSR count). The lowest BCUT2D eigenvalue weighted by Gasteiger charge is -2.46. The molecule has 0 aliphatic carbocycles. The molecular weight excluding hydrogens is 376 g/mol. The van der Waals surface area contributed by atoms with E-state index in [0.29, 0.717) is 44.0 Å². The molecule has 0 N–H and O–H groups in total. The van der Waals surface area contributed by atoms with Crippen molar-refractivity contribution < 1.29 is 28.6 Å². The van der Waals surface area contributed by atoms with Crippen molar-refractivity contribution in [1.82, 2.24) is 9.80 Å². The summed E-state index contributed by atoms with van der Waals surface area (Å²) < 4.78 is 15.7. The second kappa shape index (κ2) is 7.57. The molecular formula is C21H26N2O6. The summed E-state index contributed by atoms with van der Waals surface area (Å²) in [5.41, 5.74) is 0.326. The first kappa shape index (κ1) is 19.5. The Morgan fingerprint density at radius 2 is 1.93 bits per heavy atom. The SMILES string of the molecule is CCN1C(=O)CC(C(=O)OC)C12CCN(C(=O)Cc1ccc3c(c1)OCO3)CC2. The van der Waals surface area contributed by atoms with Crippen LogP contribution < -0.4 is 9.47 Å². The van der Waals surface area contributed by atoms with Gasteiger partial charge in [0.2, 0.25) is 18.6 Å². The quantitative estimate of drug-likeness (QED) is 0.707. The van der Waals surface area contributed by atoms with Crippen LogP contribution >= 0.6 is 0 Å². The van der Waals surface area contributed by atoms with Crippen molar-refractivity contribution in [3.05, 3.63) is 23.8 Å². The number of likely N-dealkylation sites (tertiary alicyclic amines) is 2. The molecule has 3 aliphatic heterocycles. The van der Waals surface area contributed by atoms with Gasteiger partial charge in [-0.3, -0.25) is 14.4 Å². The Hall–Kier alpha value is -2.77. The van der Waals surface area contributed by atoms with Crippen molar-refractivity contribution in [1.29, 1.82) is 0 Å². The van der Waals surface area contributed by atoms with E-state index >= 15 is 0 Å². The maximum Gasteiger partial charge on any atom is 0.311 e. The zero-order valence-electron chi connectivity index (χ0n) is 16.8. The second-order valence-corrected chi connectivity index (χ2v) is 7.77. The van der Waals surface area contributed by atoms with Gasteiger partial charge in [0.1, 0.15) is 0 Å². The van der Waals surface area contributed by atoms with Crippen LogP contribution in [-0.2, 0) is 25.5 Å². The third kappa shape index (κ3) is 3.30. The van der Waals surface area contributed by atoms with Gasteiger partial charge in [0.15, 0.2) is 11.5 Å². The predicted octanol–water partition coefficient (Wildman–Crippen LogP) is 1.36. The molecule has 1 unspecified atom stereocenters. The Bertz CT molecular complexity index is 828. The van der Waals surface area contributed by atoms with E-state index in [-0.39, 0.29) is 37.4 Å². The van der Waals surface area contributed by atoms with E-state index in [1.807, 2.05) is 34.9 Å². The Morgan fingerprint density at radius 1 is 1.21 bits per heavy atom. The first-order chi connectivity index (χ1) is 14.0. The fourth-order valence-corrected chi connectivity index (χ4v) is 4.95. The minimum atomic E-state index is -0.547. The van der Waals surface area contributed by atoms with Gasteiger partial charge in [-0.25, -0.2) is 0 Å². The molecule has 1 spiro atoms. The molecule has 1 aromatic rings. The minimum absolute atomic E-state index is 0.0111. The standard InChI is InChI=1S/C21H26N2O6/c1-3-23-19(25)12-15(20(26)27-2)21(23)6-8-22(9-7-21)18(24)11-14-4-5-16-17(10-14)29-13-28-16/h4-5,10,15H,3,6-9,11-13H2,1-2H3. The number of hydrogen-bond donors (Lipinski definition) is 0. The number of ether oxygens (including phenoxy) is 3. The molecule has 2 saturated heterocycles. The van der Waals surface area contributed by atoms with Crippen molar-refractivity contribution >= 4 is 17.8 Å². The number of carbonyl (C=O) groups is 3. The number of carbonyl (C=O) groups excluding carboxylic acids is 3. The van der Waals surface area contributed by atoms with E-state index in [0.717, 1.165) is 5.56 Å². The van der Waals surface area contributed by atoms with E-state index in [2.05, 4.69) is 0 Å². The van der Waals surface area contributed by atoms with Gasteiger partial charge in [-0.2, -0.15) is 0 Å². The van der Waals surface area contributed by atoms with Crippen LogP contribution in [0, 0.1) is 5.92 Å². The number of piperidine rings is 1. The molecule has 1 atom stereocenters. The van der Waals surface area contributed by atoms with Crippen molar-refractivity contribution in [3.8, 4) is 11.5 Å². The van der Waals surface area contributed by atoms with Crippen molar-refractivity contribution in [3.63, 3.8) is 0 Å². The molecule has 0 bridgehead atoms. The second-order valence-electron chi connectivity index (χ2n) is 7.77. The summed E-state index contributed by atoms with van der Waals surface area (Å²) in [6.45, 7) is 3.71. The van der Waals surface area contributed by atoms with Gasteiger partial charge in [0.25, 0.3) is 0 Å². The van der Waals surface area contributed by atoms with E-state index in [4.69, 9.17) is 14.2 Å². The molecule has 0 radical (unpaired) electrons. The average Bonchev–Trinajstić information content (AvgIpc) is 3.29. The third-order valence-corrected chi connectivity index (χ3v) is 6.44. The summed E-state index contributed by atoms with van der Waals surface area (Å²) in [5, 5.41) is 0. The van der Waals surface area contributed by atoms with Crippen LogP contribution in [0.3, 0.4) is 0 Å². The number of rotatable bonds is 4. The third-order valence-electron chi connectivity index (χ3n) is 6.44. The lowest BCUT2D eigenvalue weighted by atomic mass is 9.76. The van der Waals surface area contributed by atoms with Gasteiger partial charge < -0.3 is 24.0 Å². The van der Waals surface area contributed by atoms with Gasteiger partial charge in [-0.1, -0.05) is 6.07 Å². The first-order valence-corrected chi connectivity index (χ1v) is 10.0. The predicted molar refractivity (Wildman–Crippen MR) is 102 cm³/mol. The monoisotopic (exact) mass is 402 g/mol. The zero-order chi connectivity index (χ0) is 20.6. The molecule has 3 aliphatic rings. The number of methoxy groups -OCH3 is 1. The molecule has 29 heavy (non-hydrogen) atoms. The number of nitrogens with zero attached hydrogens (tertiary/aromatic N) is 2. The number of fused-ring (bicyclic) bond motifs is 1. The first-order valence-electron chi connectivity index (χ1n) is 10.0. The summed E-state index contributed by atoms with van der Waals surface area (Å²) in [6.07, 6.45) is 1.63. The highest BCUT2D eigenvalue weighted by Gasteiger charge is 2.56. The summed E-state index contributed by atoms with van der Waals surface area (Å²) in [7, 11) is 1.36. The smallest absolute Gasteiger partial charge is 0.311 e. The normalized spacial score (nSPS) is 22.3. The number of benzene rings is 1. The lowest BCUT2D eigenvalue weighted by Crippen LogP contribution is -2.58. The van der Waals surface area contributed by atoms with Crippen LogP contribution in [-0.4, -0.2) is 66.7 Å². The Morgan fingerprint density at radius 3 is 2.62 bits per heavy atom. The summed E-state index contributed by atoms with van der Waals surface area (Å²) >= 11 is 0. The van der Waals surface area contributed by atoms with Gasteiger partial charge >= 0.3 is 5.97 Å². The minimum Gasteiger partial charge on any atom is -0.469 e. The molecule has 2 amide bonds. The van der Waals surface area contributed by atoms with Crippen molar-refractivity contribution in [2.24, 2.45) is 5.92 Å². The maximum atomic E-state index is 12.8. The van der Waals surface area contributed by atoms with E-state index in [1.165, 1.54) is 7.11 Å². The van der Waals surface area contributed by atoms with E-state index in [1.54, 1.807) is 0 Å². The van der Waals surface area contributed by atoms with Crippen LogP contribution in [0.4, 0.5) is 0 Å². The van der Waals surface area contributed by atoms with Crippen molar-refractivity contribution in [2.75, 3.05) is 33.5 Å². The molecule has 156 valence electrons. The fourth-order valence-electron chi connectivity index (χ4n) is 4.95. The number of esters is 1. The summed E-state index contributed by atoms with van der Waals surface area (Å²) in [4.78, 5) is 41.3. The summed E-state index contributed by atoms with van der Waals surface area (Å²) in [5.74, 6) is 0.571. The maximum absolute atomic E-state index is 12.8. The highest BCUT2D eigenvalue weighted by molar-refractivity contribution is 5.89. The van der Waals surface area contributed by atoms with Crippen LogP contribution in [0.15, 0.2) is 18.2 Å². The number of amides is 2. The van der Waals surface area contributed by atoms with Crippen LogP contribution in [0.1, 0.15) is 31.7 Å². The highest BCUT2D eigenvalue weighted by atomic mass is 16.7. The van der Waals surface area contributed by atoms with Crippen LogP contribution in [0.25, 0.3) is 0 Å². The Kier molecular flexibility index (Phi) is 5.10. The lowest BCUT2D eigenvalue weighted by molar-refractivity contribution is -0.150. The Balaban J connectivity index is 1.44. The van der Waals surface area contributed by atoms with E-state index < -0.39 is 11.5 Å². The number of hydrogen-bond acceptors (Lipinski definition) is 6. The van der Waals surface area contributed by atoms with Crippen LogP contribution in [0.5, 0.6) is 11.5 Å². The highest BCUT2D eigenvalue weighted by Crippen LogP contribution is 2.44. The van der Waals surface area contributed by atoms with Gasteiger partial charge in [0.05, 0.1) is 25.0 Å². The largest absolute Gasteiger partial charge is 0.469 e. The molecule has 0 aromatic heterocycles. The zero-order valence-corrected chi connectivity index (χ0v) is 16.8. The fraction of sp³-hybridized carbons (Fsp3) is 0.571. The molecule has 8 nitrogen and oxygen atoms in total. The molecule has 8 heteroatoms. The molecule has 1 aromatic carbocycles. The van der Waals surface area contributed by atoms with Crippen LogP contribution in [0.2, 0.25) is 0 Å². The molecule has 0 saturated carbocycles. The van der Waals surface area contributed by atoms with Gasteiger partial charge in [0, 0.05) is 26.1 Å². The molecule has 2 fully saturated rings. The van der Waals surface area contributed by atoms with Gasteiger partial charge in [-0.05, 0) is 37.5 Å². The average molecular weight is 402 g/mol. The topological polar surface area (TPSA) is 85.4 Å².